The van der Waals surface area contributed by atoms with E-state index in [9.17, 15) is 14.4 Å². The van der Waals surface area contributed by atoms with Crippen LogP contribution in [-0.2, 0) is 23.1 Å². The highest BCUT2D eigenvalue weighted by atomic mass is 16.2. The van der Waals surface area contributed by atoms with Crippen LogP contribution in [0.15, 0.2) is 24.5 Å². The van der Waals surface area contributed by atoms with Crippen LogP contribution in [0.4, 0.5) is 16.6 Å². The number of rotatable bonds is 7. The Morgan fingerprint density at radius 3 is 2.58 bits per heavy atom. The van der Waals surface area contributed by atoms with Crippen LogP contribution in [0.1, 0.15) is 56.7 Å². The second kappa shape index (κ2) is 10.7. The zero-order valence-electron chi connectivity index (χ0n) is 21.6. The van der Waals surface area contributed by atoms with Crippen molar-refractivity contribution >= 4 is 29.6 Å². The highest BCUT2D eigenvalue weighted by molar-refractivity contribution is 6.12. The van der Waals surface area contributed by atoms with Crippen LogP contribution < -0.4 is 16.0 Å². The van der Waals surface area contributed by atoms with Crippen molar-refractivity contribution in [2.75, 3.05) is 17.7 Å². The fourth-order valence-corrected chi connectivity index (χ4v) is 5.69. The summed E-state index contributed by atoms with van der Waals surface area (Å²) in [6, 6.07) is 2.12. The van der Waals surface area contributed by atoms with Crippen molar-refractivity contribution in [2.24, 2.45) is 18.9 Å². The predicted octanol–water partition coefficient (Wildman–Crippen LogP) is 2.81. The van der Waals surface area contributed by atoms with Gasteiger partial charge < -0.3 is 15.6 Å². The van der Waals surface area contributed by atoms with Crippen molar-refractivity contribution in [1.82, 2.24) is 24.8 Å². The fourth-order valence-electron chi connectivity index (χ4n) is 5.69. The Labute approximate surface area is 212 Å². The molecule has 4 rings (SSSR count). The molecule has 3 N–H and O–H groups in total. The summed E-state index contributed by atoms with van der Waals surface area (Å²) in [6.45, 7) is 3.88. The molecule has 1 saturated carbocycles. The summed E-state index contributed by atoms with van der Waals surface area (Å²) in [6.07, 6.45) is 10.1. The summed E-state index contributed by atoms with van der Waals surface area (Å²) in [5.41, 5.74) is 7.46. The fraction of sp³-hybridized carbons (Fsp3) is 0.577. The van der Waals surface area contributed by atoms with E-state index >= 15 is 0 Å². The minimum Gasteiger partial charge on any atom is -0.384 e. The molecule has 2 fully saturated rings. The number of likely N-dealkylation sites (tertiary alicyclic amines) is 1. The van der Waals surface area contributed by atoms with E-state index in [1.807, 2.05) is 19.9 Å². The first-order valence-corrected chi connectivity index (χ1v) is 12.8. The molecule has 0 aromatic carbocycles. The van der Waals surface area contributed by atoms with E-state index in [0.717, 1.165) is 48.3 Å². The van der Waals surface area contributed by atoms with E-state index in [0.29, 0.717) is 24.1 Å². The van der Waals surface area contributed by atoms with E-state index in [2.05, 4.69) is 15.3 Å². The molecule has 0 bridgehead atoms. The Kier molecular flexibility index (Phi) is 7.61. The summed E-state index contributed by atoms with van der Waals surface area (Å²) >= 11 is 0. The van der Waals surface area contributed by atoms with E-state index in [1.54, 1.807) is 37.1 Å². The first-order chi connectivity index (χ1) is 17.2. The van der Waals surface area contributed by atoms with Crippen molar-refractivity contribution < 1.29 is 14.4 Å². The summed E-state index contributed by atoms with van der Waals surface area (Å²) in [4.78, 5) is 51.4. The Bertz CT molecular complexity index is 1100. The van der Waals surface area contributed by atoms with Crippen LogP contribution in [0.25, 0.3) is 0 Å². The maximum Gasteiger partial charge on any atom is 0.325 e. The number of amides is 4. The number of hydrogen-bond acceptors (Lipinski definition) is 6. The molecule has 2 aromatic rings. The number of nitrogens with one attached hydrogen (secondary N) is 1. The number of imidazole rings is 1. The van der Waals surface area contributed by atoms with Crippen molar-refractivity contribution in [1.29, 1.82) is 0 Å². The van der Waals surface area contributed by atoms with Crippen LogP contribution in [0.2, 0.25) is 0 Å². The Hall–Kier alpha value is -3.43. The number of nitrogens with two attached hydrogens (primary N) is 1. The molecule has 3 heterocycles. The van der Waals surface area contributed by atoms with Crippen LogP contribution in [0, 0.1) is 18.8 Å². The Balaban J connectivity index is 1.58. The average molecular weight is 496 g/mol. The molecule has 4 amide bonds. The van der Waals surface area contributed by atoms with Crippen LogP contribution >= 0.6 is 0 Å². The first-order valence-electron chi connectivity index (χ1n) is 12.8. The second-order valence-electron chi connectivity index (χ2n) is 10.1. The third-order valence-electron chi connectivity index (χ3n) is 7.57. The lowest BCUT2D eigenvalue weighted by atomic mass is 9.81. The number of imide groups is 1. The molecule has 1 unspecified atom stereocenters. The highest BCUT2D eigenvalue weighted by Gasteiger charge is 2.55. The van der Waals surface area contributed by atoms with E-state index < -0.39 is 18.0 Å². The van der Waals surface area contributed by atoms with Crippen molar-refractivity contribution in [3.8, 4) is 0 Å². The number of β-lactam (4-membered cyclic amide) rings is 1. The summed E-state index contributed by atoms with van der Waals surface area (Å²) in [7, 11) is 3.41. The second-order valence-corrected chi connectivity index (χ2v) is 10.1. The molecule has 36 heavy (non-hydrogen) atoms. The van der Waals surface area contributed by atoms with Gasteiger partial charge in [0, 0.05) is 38.2 Å². The molecule has 1 aliphatic carbocycles. The lowest BCUT2D eigenvalue weighted by Gasteiger charge is -2.46. The molecule has 0 spiro atoms. The minimum absolute atomic E-state index is 0.0182. The van der Waals surface area contributed by atoms with Gasteiger partial charge in [0.05, 0.1) is 5.92 Å². The number of pyridine rings is 1. The monoisotopic (exact) mass is 495 g/mol. The maximum atomic E-state index is 13.7. The average Bonchev–Trinajstić information content (AvgIpc) is 3.28. The van der Waals surface area contributed by atoms with Crippen molar-refractivity contribution in [2.45, 2.75) is 70.9 Å². The lowest BCUT2D eigenvalue weighted by Crippen LogP contribution is -2.71. The van der Waals surface area contributed by atoms with Gasteiger partial charge in [-0.3, -0.25) is 19.4 Å². The summed E-state index contributed by atoms with van der Waals surface area (Å²) in [5, 5.41) is 3.09. The van der Waals surface area contributed by atoms with Gasteiger partial charge in [-0.25, -0.2) is 14.8 Å². The largest absolute Gasteiger partial charge is 0.384 e. The molecule has 3 atom stereocenters. The van der Waals surface area contributed by atoms with Gasteiger partial charge in [-0.1, -0.05) is 26.2 Å². The quantitative estimate of drug-likeness (QED) is 0.569. The number of carbonyl (C=O) groups is 3. The third-order valence-corrected chi connectivity index (χ3v) is 7.57. The standard InChI is InChI=1S/C26H37N7O3/c1-5-20(18-9-7-6-8-10-18)30-26(36)33-22(24(35)32(4)25-28-11-12-31(25)3)19(23(33)34)14-17-13-16(2)29-21(27)15-17/h11-13,15,18-20,22H,5-10,14H2,1-4H3,(H2,27,29)(H,30,36)/t19-,20?,22+/m1/s1. The molecule has 1 aliphatic heterocycles. The first kappa shape index (κ1) is 25.7. The highest BCUT2D eigenvalue weighted by Crippen LogP contribution is 2.34. The number of aryl methyl sites for hydroxylation is 2. The van der Waals surface area contributed by atoms with Crippen molar-refractivity contribution in [3.05, 3.63) is 35.8 Å². The summed E-state index contributed by atoms with van der Waals surface area (Å²) in [5.74, 6) is -0.193. The Morgan fingerprint density at radius 2 is 1.97 bits per heavy atom. The number of nitrogen functional groups attached to an aromatic ring is 1. The van der Waals surface area contributed by atoms with Gasteiger partial charge in [-0.15, -0.1) is 0 Å². The van der Waals surface area contributed by atoms with Gasteiger partial charge in [-0.2, -0.15) is 0 Å². The number of anilines is 2. The van der Waals surface area contributed by atoms with E-state index in [4.69, 9.17) is 5.73 Å². The topological polar surface area (TPSA) is 126 Å². The van der Waals surface area contributed by atoms with E-state index in [-0.39, 0.29) is 17.9 Å². The van der Waals surface area contributed by atoms with Crippen LogP contribution in [0.3, 0.4) is 0 Å². The number of nitrogens with zero attached hydrogens (tertiary/aromatic N) is 5. The number of urea groups is 1. The molecule has 10 nitrogen and oxygen atoms in total. The van der Waals surface area contributed by atoms with Gasteiger partial charge in [0.15, 0.2) is 0 Å². The molecule has 2 aromatic heterocycles. The van der Waals surface area contributed by atoms with Crippen molar-refractivity contribution in [3.63, 3.8) is 0 Å². The van der Waals surface area contributed by atoms with Gasteiger partial charge in [0.1, 0.15) is 11.9 Å². The Morgan fingerprint density at radius 1 is 1.25 bits per heavy atom. The molecule has 10 heteroatoms. The molecular weight excluding hydrogens is 458 g/mol. The zero-order valence-corrected chi connectivity index (χ0v) is 21.6. The van der Waals surface area contributed by atoms with Crippen LogP contribution in [0.5, 0.6) is 0 Å². The van der Waals surface area contributed by atoms with Gasteiger partial charge >= 0.3 is 6.03 Å². The number of likely N-dealkylation sites (N-methyl/N-ethyl adjacent to an activating group) is 1. The maximum absolute atomic E-state index is 13.7. The SMILES string of the molecule is CCC(NC(=O)N1C(=O)[C@H](Cc2cc(C)nc(N)c2)[C@H]1C(=O)N(C)c1nccn1C)C1CCCCC1. The third kappa shape index (κ3) is 5.08. The van der Waals surface area contributed by atoms with Gasteiger partial charge in [0.25, 0.3) is 5.91 Å². The number of hydrogen-bond donors (Lipinski definition) is 2. The smallest absolute Gasteiger partial charge is 0.325 e. The number of aromatic nitrogens is 3. The van der Waals surface area contributed by atoms with Gasteiger partial charge in [-0.05, 0) is 56.2 Å². The molecular formula is C26H37N7O3. The zero-order chi connectivity index (χ0) is 26.0. The summed E-state index contributed by atoms with van der Waals surface area (Å²) < 4.78 is 1.72. The predicted molar refractivity (Wildman–Crippen MR) is 137 cm³/mol. The molecule has 1 saturated heterocycles. The molecule has 0 radical (unpaired) electrons. The normalized spacial score (nSPS) is 21.1. The number of carbonyl (C=O) groups excluding carboxylic acids is 3. The molecule has 194 valence electrons. The van der Waals surface area contributed by atoms with Gasteiger partial charge in [0.2, 0.25) is 11.9 Å². The minimum atomic E-state index is -0.933. The lowest BCUT2D eigenvalue weighted by molar-refractivity contribution is -0.156. The van der Waals surface area contributed by atoms with Crippen LogP contribution in [-0.4, -0.2) is 56.4 Å². The van der Waals surface area contributed by atoms with E-state index in [1.165, 1.54) is 11.3 Å². The molecule has 2 aliphatic rings.